The van der Waals surface area contributed by atoms with Crippen molar-refractivity contribution < 1.29 is 14.3 Å². The van der Waals surface area contributed by atoms with Gasteiger partial charge in [-0.05, 0) is 57.6 Å². The Hall–Kier alpha value is -2.11. The summed E-state index contributed by atoms with van der Waals surface area (Å²) < 4.78 is 5.47. The average Bonchev–Trinajstić information content (AvgIpc) is 2.99. The largest absolute Gasteiger partial charge is 0.444 e. The summed E-state index contributed by atoms with van der Waals surface area (Å²) in [6, 6.07) is 5.66. The van der Waals surface area contributed by atoms with Crippen LogP contribution < -0.4 is 0 Å². The molecule has 2 saturated heterocycles. The molecule has 3 heterocycles. The average molecular weight is 359 g/mol. The first kappa shape index (κ1) is 18.7. The van der Waals surface area contributed by atoms with Crippen LogP contribution in [-0.2, 0) is 16.0 Å². The minimum atomic E-state index is -0.464. The summed E-state index contributed by atoms with van der Waals surface area (Å²) >= 11 is 0. The van der Waals surface area contributed by atoms with Gasteiger partial charge in [-0.1, -0.05) is 6.07 Å². The van der Waals surface area contributed by atoms with Crippen molar-refractivity contribution in [2.24, 2.45) is 5.41 Å². The predicted octanol–water partition coefficient (Wildman–Crippen LogP) is 2.87. The van der Waals surface area contributed by atoms with E-state index in [-0.39, 0.29) is 17.4 Å². The van der Waals surface area contributed by atoms with Gasteiger partial charge < -0.3 is 14.5 Å². The van der Waals surface area contributed by atoms with Crippen LogP contribution in [0.15, 0.2) is 24.4 Å². The number of carbonyl (C=O) groups is 2. The molecule has 0 N–H and O–H groups in total. The second kappa shape index (κ2) is 7.25. The van der Waals surface area contributed by atoms with Crippen molar-refractivity contribution in [2.75, 3.05) is 26.2 Å². The third-order valence-corrected chi connectivity index (χ3v) is 5.33. The monoisotopic (exact) mass is 359 g/mol. The van der Waals surface area contributed by atoms with E-state index < -0.39 is 5.60 Å². The molecule has 0 atom stereocenters. The van der Waals surface area contributed by atoms with E-state index in [1.54, 1.807) is 11.1 Å². The Morgan fingerprint density at radius 1 is 1.12 bits per heavy atom. The molecule has 1 spiro atoms. The van der Waals surface area contributed by atoms with Crippen LogP contribution in [0.25, 0.3) is 0 Å². The lowest BCUT2D eigenvalue weighted by atomic mass is 9.78. The smallest absolute Gasteiger partial charge is 0.410 e. The normalized spacial score (nSPS) is 19.7. The number of pyridine rings is 1. The van der Waals surface area contributed by atoms with E-state index in [9.17, 15) is 9.59 Å². The molecule has 0 unspecified atom stereocenters. The minimum absolute atomic E-state index is 0.148. The number of nitrogens with zero attached hydrogens (tertiary/aromatic N) is 3. The van der Waals surface area contributed by atoms with Crippen molar-refractivity contribution >= 4 is 12.0 Å². The Bertz CT molecular complexity index is 646. The molecule has 0 aliphatic carbocycles. The first-order valence-electron chi connectivity index (χ1n) is 9.42. The van der Waals surface area contributed by atoms with E-state index in [4.69, 9.17) is 4.74 Å². The highest BCUT2D eigenvalue weighted by Crippen LogP contribution is 2.40. The van der Waals surface area contributed by atoms with Crippen molar-refractivity contribution in [3.05, 3.63) is 30.1 Å². The minimum Gasteiger partial charge on any atom is -0.444 e. The van der Waals surface area contributed by atoms with Crippen molar-refractivity contribution in [3.63, 3.8) is 0 Å². The number of hydrogen-bond donors (Lipinski definition) is 0. The van der Waals surface area contributed by atoms with E-state index in [2.05, 4.69) is 4.98 Å². The molecule has 1 aromatic heterocycles. The van der Waals surface area contributed by atoms with Gasteiger partial charge in [0.1, 0.15) is 5.60 Å². The Balaban J connectivity index is 1.51. The lowest BCUT2D eigenvalue weighted by molar-refractivity contribution is -0.130. The number of carbonyl (C=O) groups excluding carboxylic acids is 2. The molecular weight excluding hydrogens is 330 g/mol. The summed E-state index contributed by atoms with van der Waals surface area (Å²) in [4.78, 5) is 32.8. The van der Waals surface area contributed by atoms with Crippen molar-refractivity contribution in [1.29, 1.82) is 0 Å². The van der Waals surface area contributed by atoms with E-state index in [0.29, 0.717) is 19.5 Å². The molecule has 0 aromatic carbocycles. The van der Waals surface area contributed by atoms with Crippen LogP contribution in [-0.4, -0.2) is 58.6 Å². The maximum Gasteiger partial charge on any atom is 0.410 e. The number of hydrogen-bond acceptors (Lipinski definition) is 4. The highest BCUT2D eigenvalue weighted by molar-refractivity contribution is 5.78. The quantitative estimate of drug-likeness (QED) is 0.814. The third-order valence-electron chi connectivity index (χ3n) is 5.33. The number of ether oxygens (including phenoxy) is 1. The molecule has 2 amide bonds. The summed E-state index contributed by atoms with van der Waals surface area (Å²) in [6.45, 7) is 8.67. The lowest BCUT2D eigenvalue weighted by Gasteiger charge is -2.39. The van der Waals surface area contributed by atoms with Crippen molar-refractivity contribution in [1.82, 2.24) is 14.8 Å². The maximum atomic E-state index is 12.6. The third kappa shape index (κ3) is 4.54. The van der Waals surface area contributed by atoms with Gasteiger partial charge in [-0.25, -0.2) is 4.79 Å². The lowest BCUT2D eigenvalue weighted by Crippen LogP contribution is -2.46. The zero-order valence-corrected chi connectivity index (χ0v) is 16.0. The maximum absolute atomic E-state index is 12.6. The first-order chi connectivity index (χ1) is 12.3. The van der Waals surface area contributed by atoms with Crippen molar-refractivity contribution in [2.45, 2.75) is 52.1 Å². The van der Waals surface area contributed by atoms with E-state index in [1.165, 1.54) is 0 Å². The number of likely N-dealkylation sites (tertiary alicyclic amines) is 2. The van der Waals surface area contributed by atoms with Gasteiger partial charge in [-0.3, -0.25) is 9.78 Å². The Morgan fingerprint density at radius 3 is 2.35 bits per heavy atom. The van der Waals surface area contributed by atoms with Gasteiger partial charge in [0.25, 0.3) is 0 Å². The Labute approximate surface area is 155 Å². The standard InChI is InChI=1S/C20H29N3O3/c1-19(2,3)26-18(25)22-11-7-20(8-12-22)9-13-23(15-20)17(24)14-16-6-4-5-10-21-16/h4-6,10H,7-9,11-15H2,1-3H3. The fourth-order valence-electron chi connectivity index (χ4n) is 3.82. The van der Waals surface area contributed by atoms with Crippen molar-refractivity contribution in [3.8, 4) is 0 Å². The molecule has 2 aliphatic rings. The second-order valence-electron chi connectivity index (χ2n) is 8.53. The summed E-state index contributed by atoms with van der Waals surface area (Å²) in [7, 11) is 0. The fraction of sp³-hybridized carbons (Fsp3) is 0.650. The molecule has 0 radical (unpaired) electrons. The Morgan fingerprint density at radius 2 is 1.77 bits per heavy atom. The molecule has 142 valence electrons. The highest BCUT2D eigenvalue weighted by Gasteiger charge is 2.43. The highest BCUT2D eigenvalue weighted by atomic mass is 16.6. The molecule has 2 aliphatic heterocycles. The Kier molecular flexibility index (Phi) is 5.21. The molecule has 0 bridgehead atoms. The number of piperidine rings is 1. The SMILES string of the molecule is CC(C)(C)OC(=O)N1CCC2(CCN(C(=O)Cc3ccccn3)C2)CC1. The molecule has 6 nitrogen and oxygen atoms in total. The van der Waals surface area contributed by atoms with Gasteiger partial charge in [-0.15, -0.1) is 0 Å². The number of amides is 2. The topological polar surface area (TPSA) is 62.7 Å². The van der Waals surface area contributed by atoms with E-state index >= 15 is 0 Å². The summed E-state index contributed by atoms with van der Waals surface area (Å²) in [6.07, 6.45) is 4.73. The zero-order valence-electron chi connectivity index (χ0n) is 16.0. The molecular formula is C20H29N3O3. The van der Waals surface area contributed by atoms with E-state index in [0.717, 1.165) is 38.0 Å². The van der Waals surface area contributed by atoms with E-state index in [1.807, 2.05) is 43.9 Å². The molecule has 0 saturated carbocycles. The van der Waals surface area contributed by atoms with Crippen LogP contribution in [0.3, 0.4) is 0 Å². The molecule has 3 rings (SSSR count). The van der Waals surface area contributed by atoms with Gasteiger partial charge in [0, 0.05) is 38.1 Å². The summed E-state index contributed by atoms with van der Waals surface area (Å²) in [5.74, 6) is 0.148. The second-order valence-corrected chi connectivity index (χ2v) is 8.53. The van der Waals surface area contributed by atoms with Crippen LogP contribution in [0.4, 0.5) is 4.79 Å². The molecule has 2 fully saturated rings. The summed E-state index contributed by atoms with van der Waals surface area (Å²) in [5, 5.41) is 0. The molecule has 6 heteroatoms. The predicted molar refractivity (Wildman–Crippen MR) is 98.6 cm³/mol. The van der Waals surface area contributed by atoms with Gasteiger partial charge in [0.05, 0.1) is 6.42 Å². The van der Waals surface area contributed by atoms with Gasteiger partial charge in [-0.2, -0.15) is 0 Å². The van der Waals surface area contributed by atoms with Gasteiger partial charge >= 0.3 is 6.09 Å². The van der Waals surface area contributed by atoms with Crippen LogP contribution >= 0.6 is 0 Å². The summed E-state index contributed by atoms with van der Waals surface area (Å²) in [5.41, 5.74) is 0.505. The molecule has 26 heavy (non-hydrogen) atoms. The van der Waals surface area contributed by atoms with Gasteiger partial charge in [0.15, 0.2) is 0 Å². The van der Waals surface area contributed by atoms with Crippen LogP contribution in [0.2, 0.25) is 0 Å². The fourth-order valence-corrected chi connectivity index (χ4v) is 3.82. The first-order valence-corrected chi connectivity index (χ1v) is 9.42. The van der Waals surface area contributed by atoms with Crippen LogP contribution in [0.1, 0.15) is 45.7 Å². The van der Waals surface area contributed by atoms with Gasteiger partial charge in [0.2, 0.25) is 5.91 Å². The zero-order chi connectivity index (χ0) is 18.8. The number of aromatic nitrogens is 1. The van der Waals surface area contributed by atoms with Crippen LogP contribution in [0, 0.1) is 5.41 Å². The van der Waals surface area contributed by atoms with Crippen LogP contribution in [0.5, 0.6) is 0 Å². The molecule has 1 aromatic rings. The number of rotatable bonds is 2.